The van der Waals surface area contributed by atoms with E-state index >= 15 is 0 Å². The van der Waals surface area contributed by atoms with E-state index in [0.29, 0.717) is 22.7 Å². The van der Waals surface area contributed by atoms with Gasteiger partial charge >= 0.3 is 0 Å². The van der Waals surface area contributed by atoms with Crippen LogP contribution in [0.2, 0.25) is 0 Å². The zero-order valence-electron chi connectivity index (χ0n) is 9.46. The number of furan rings is 1. The van der Waals surface area contributed by atoms with E-state index in [-0.39, 0.29) is 5.56 Å². The maximum Gasteiger partial charge on any atom is 0.257 e. The minimum absolute atomic E-state index is 0.247. The third-order valence-corrected chi connectivity index (χ3v) is 2.45. The monoisotopic (exact) mass is 218 g/mol. The van der Waals surface area contributed by atoms with E-state index in [1.165, 1.54) is 0 Å². The molecule has 0 aliphatic rings. The van der Waals surface area contributed by atoms with E-state index < -0.39 is 0 Å². The van der Waals surface area contributed by atoms with Gasteiger partial charge in [-0.15, -0.1) is 0 Å². The summed E-state index contributed by atoms with van der Waals surface area (Å²) in [5, 5.41) is 1.85. The summed E-state index contributed by atoms with van der Waals surface area (Å²) < 4.78 is 5.53. The van der Waals surface area contributed by atoms with Crippen molar-refractivity contribution in [2.45, 2.75) is 6.54 Å². The number of nitrogens with one attached hydrogen (secondary N) is 1. The quantitative estimate of drug-likeness (QED) is 0.772. The van der Waals surface area contributed by atoms with Crippen molar-refractivity contribution in [3.8, 4) is 0 Å². The van der Waals surface area contributed by atoms with Crippen LogP contribution in [0.1, 0.15) is 5.76 Å². The third kappa shape index (κ3) is 1.67. The molecular weight excluding hydrogens is 204 g/mol. The molecule has 0 saturated carbocycles. The lowest BCUT2D eigenvalue weighted by Crippen LogP contribution is -2.38. The van der Waals surface area contributed by atoms with Crippen LogP contribution in [-0.2, 0) is 6.54 Å². The molecule has 0 bridgehead atoms. The van der Waals surface area contributed by atoms with Gasteiger partial charge in [0.15, 0.2) is 0 Å². The fraction of sp³-hybridized carbons (Fsp3) is 0.250. The fourth-order valence-corrected chi connectivity index (χ4v) is 1.63. The molecule has 0 aliphatic heterocycles. The summed E-state index contributed by atoms with van der Waals surface area (Å²) >= 11 is 0. The summed E-state index contributed by atoms with van der Waals surface area (Å²) in [4.78, 5) is 16.1. The summed E-state index contributed by atoms with van der Waals surface area (Å²) in [6.07, 6.45) is 0. The van der Waals surface area contributed by atoms with Gasteiger partial charge in [-0.05, 0) is 25.4 Å². The van der Waals surface area contributed by atoms with Crippen LogP contribution in [0.4, 0.5) is 0 Å². The largest absolute Gasteiger partial charge is 0.443 e. The van der Waals surface area contributed by atoms with Crippen LogP contribution in [0.25, 0.3) is 24.3 Å². The van der Waals surface area contributed by atoms with Crippen LogP contribution in [0.3, 0.4) is 0 Å². The van der Waals surface area contributed by atoms with Crippen LogP contribution in [0.5, 0.6) is 0 Å². The molecule has 2 heterocycles. The number of H-pyrrole nitrogens is 1. The smallest absolute Gasteiger partial charge is 0.257 e. The average molecular weight is 218 g/mol. The highest BCUT2D eigenvalue weighted by Gasteiger charge is 2.07. The van der Waals surface area contributed by atoms with Crippen LogP contribution in [0, 0.1) is 0 Å². The number of hydrogen-bond donors (Lipinski definition) is 1. The maximum atomic E-state index is 11.5. The molecule has 0 unspecified atom stereocenters. The lowest BCUT2D eigenvalue weighted by atomic mass is 10.2. The van der Waals surface area contributed by atoms with Crippen LogP contribution >= 0.6 is 0 Å². The van der Waals surface area contributed by atoms with Gasteiger partial charge in [0.25, 0.3) is 5.56 Å². The standard InChI is InChI=1S/C12H14N2O2/c1-7-8(2)11(15)13-12-10(7)5-9(16-12)6-14(3)4/h5H,1-2,6H2,3-4H3,(H,13,15). The second-order valence-corrected chi connectivity index (χ2v) is 4.10. The highest BCUT2D eigenvalue weighted by atomic mass is 16.3. The van der Waals surface area contributed by atoms with Crippen molar-refractivity contribution < 1.29 is 4.42 Å². The molecule has 1 N–H and O–H groups in total. The summed E-state index contributed by atoms with van der Waals surface area (Å²) in [6.45, 7) is 8.21. The number of aromatic nitrogens is 1. The van der Waals surface area contributed by atoms with Crippen molar-refractivity contribution >= 4 is 24.3 Å². The summed E-state index contributed by atoms with van der Waals surface area (Å²) in [5.74, 6) is 0.797. The van der Waals surface area contributed by atoms with Gasteiger partial charge < -0.3 is 9.32 Å². The Kier molecular flexibility index (Phi) is 2.44. The molecule has 0 aliphatic carbocycles. The number of hydrogen-bond acceptors (Lipinski definition) is 3. The van der Waals surface area contributed by atoms with Gasteiger partial charge in [0, 0.05) is 10.6 Å². The van der Waals surface area contributed by atoms with Gasteiger partial charge in [-0.2, -0.15) is 0 Å². The first-order chi connectivity index (χ1) is 7.49. The first kappa shape index (κ1) is 10.7. The molecule has 0 atom stereocenters. The van der Waals surface area contributed by atoms with Gasteiger partial charge in [0.05, 0.1) is 6.54 Å². The molecule has 0 radical (unpaired) electrons. The van der Waals surface area contributed by atoms with E-state index in [4.69, 9.17) is 4.42 Å². The molecule has 4 heteroatoms. The molecule has 16 heavy (non-hydrogen) atoms. The SMILES string of the molecule is C=c1c(=O)[nH]c2oc(CN(C)C)cc2c1=C. The molecule has 0 spiro atoms. The molecule has 0 fully saturated rings. The second-order valence-electron chi connectivity index (χ2n) is 4.10. The predicted octanol–water partition coefficient (Wildman–Crippen LogP) is 0.00330. The van der Waals surface area contributed by atoms with E-state index in [9.17, 15) is 4.79 Å². The topological polar surface area (TPSA) is 49.2 Å². The Morgan fingerprint density at radius 1 is 1.38 bits per heavy atom. The zero-order valence-corrected chi connectivity index (χ0v) is 9.46. The molecule has 2 aromatic rings. The molecule has 0 saturated heterocycles. The molecule has 0 amide bonds. The number of rotatable bonds is 2. The van der Waals surface area contributed by atoms with E-state index in [0.717, 1.165) is 11.1 Å². The van der Waals surface area contributed by atoms with E-state index in [1.807, 2.05) is 25.1 Å². The Balaban J connectivity index is 2.72. The Labute approximate surface area is 92.5 Å². The zero-order chi connectivity index (χ0) is 11.9. The van der Waals surface area contributed by atoms with Crippen LogP contribution in [-0.4, -0.2) is 24.0 Å². The van der Waals surface area contributed by atoms with Crippen molar-refractivity contribution in [2.24, 2.45) is 0 Å². The minimum Gasteiger partial charge on any atom is -0.443 e. The molecule has 4 nitrogen and oxygen atoms in total. The highest BCUT2D eigenvalue weighted by Crippen LogP contribution is 2.12. The Morgan fingerprint density at radius 3 is 2.69 bits per heavy atom. The van der Waals surface area contributed by atoms with Crippen LogP contribution < -0.4 is 16.0 Å². The van der Waals surface area contributed by atoms with Gasteiger partial charge in [-0.25, -0.2) is 0 Å². The predicted molar refractivity (Wildman–Crippen MR) is 64.5 cm³/mol. The molecule has 0 aromatic carbocycles. The normalized spacial score (nSPS) is 11.4. The first-order valence-corrected chi connectivity index (χ1v) is 4.96. The number of fused-ring (bicyclic) bond motifs is 1. The van der Waals surface area contributed by atoms with Gasteiger partial charge in [-0.3, -0.25) is 9.78 Å². The van der Waals surface area contributed by atoms with Gasteiger partial charge in [0.2, 0.25) is 5.71 Å². The lowest BCUT2D eigenvalue weighted by molar-refractivity contribution is 0.357. The number of pyridine rings is 1. The Hall–Kier alpha value is -1.81. The molecule has 2 aromatic heterocycles. The van der Waals surface area contributed by atoms with E-state index in [2.05, 4.69) is 18.1 Å². The summed E-state index contributed by atoms with van der Waals surface area (Å²) in [6, 6.07) is 1.89. The molecule has 84 valence electrons. The van der Waals surface area contributed by atoms with E-state index in [1.54, 1.807) is 0 Å². The van der Waals surface area contributed by atoms with Gasteiger partial charge in [0.1, 0.15) is 5.76 Å². The van der Waals surface area contributed by atoms with Crippen molar-refractivity contribution in [1.82, 2.24) is 9.88 Å². The summed E-state index contributed by atoms with van der Waals surface area (Å²) in [7, 11) is 3.90. The van der Waals surface area contributed by atoms with Crippen molar-refractivity contribution in [2.75, 3.05) is 14.1 Å². The van der Waals surface area contributed by atoms with Crippen molar-refractivity contribution in [3.63, 3.8) is 0 Å². The maximum absolute atomic E-state index is 11.5. The van der Waals surface area contributed by atoms with Crippen molar-refractivity contribution in [3.05, 3.63) is 32.6 Å². The number of aromatic amines is 1. The Morgan fingerprint density at radius 2 is 2.06 bits per heavy atom. The lowest BCUT2D eigenvalue weighted by Gasteiger charge is -2.04. The average Bonchev–Trinajstić information content (AvgIpc) is 2.56. The third-order valence-electron chi connectivity index (χ3n) is 2.45. The second kappa shape index (κ2) is 3.64. The van der Waals surface area contributed by atoms with Crippen LogP contribution in [0.15, 0.2) is 15.3 Å². The fourth-order valence-electron chi connectivity index (χ4n) is 1.63. The summed E-state index contributed by atoms with van der Waals surface area (Å²) in [5.41, 5.74) is 0.225. The Bertz CT molecular complexity index is 679. The first-order valence-electron chi connectivity index (χ1n) is 4.96. The van der Waals surface area contributed by atoms with Crippen molar-refractivity contribution in [1.29, 1.82) is 0 Å². The molecule has 2 rings (SSSR count). The number of nitrogens with zero attached hydrogens (tertiary/aromatic N) is 1. The highest BCUT2D eigenvalue weighted by molar-refractivity contribution is 5.74. The minimum atomic E-state index is -0.247. The molecular formula is C12H14N2O2. The van der Waals surface area contributed by atoms with Gasteiger partial charge in [-0.1, -0.05) is 13.2 Å².